The first-order valence-electron chi connectivity index (χ1n) is 9.72. The van der Waals surface area contributed by atoms with E-state index >= 15 is 0 Å². The van der Waals surface area contributed by atoms with Crippen LogP contribution in [-0.4, -0.2) is 24.6 Å². The molecule has 0 aliphatic carbocycles. The minimum atomic E-state index is -1.31. The zero-order valence-electron chi connectivity index (χ0n) is 16.7. The van der Waals surface area contributed by atoms with E-state index in [-0.39, 0.29) is 11.8 Å². The summed E-state index contributed by atoms with van der Waals surface area (Å²) in [5.74, 6) is 2.00. The van der Waals surface area contributed by atoms with E-state index < -0.39 is 12.4 Å². The van der Waals surface area contributed by atoms with Crippen LogP contribution in [-0.2, 0) is 4.74 Å². The second kappa shape index (κ2) is 8.37. The number of nitrogens with one attached hydrogen (secondary N) is 1. The number of carboxylic acid groups (broad SMARTS) is 1. The molecular formula is C24H23NO5. The molecule has 0 fully saturated rings. The molecule has 6 nitrogen and oxygen atoms in total. The first-order valence-corrected chi connectivity index (χ1v) is 9.72. The third-order valence-corrected chi connectivity index (χ3v) is 5.34. The molecule has 1 aliphatic rings. The lowest BCUT2D eigenvalue weighted by molar-refractivity contribution is 0.0355. The predicted molar refractivity (Wildman–Crippen MR) is 113 cm³/mol. The van der Waals surface area contributed by atoms with Crippen molar-refractivity contribution in [1.29, 1.82) is 0 Å². The fourth-order valence-corrected chi connectivity index (χ4v) is 3.90. The summed E-state index contributed by atoms with van der Waals surface area (Å²) in [5.41, 5.74) is 2.88. The summed E-state index contributed by atoms with van der Waals surface area (Å²) in [6.45, 7) is 1.98. The Hall–Kier alpha value is -3.67. The number of fused-ring (bicyclic) bond motifs is 1. The zero-order valence-corrected chi connectivity index (χ0v) is 16.7. The lowest BCUT2D eigenvalue weighted by Gasteiger charge is -2.38. The van der Waals surface area contributed by atoms with Crippen molar-refractivity contribution in [3.63, 3.8) is 0 Å². The van der Waals surface area contributed by atoms with E-state index in [1.807, 2.05) is 79.7 Å². The summed E-state index contributed by atoms with van der Waals surface area (Å²) in [4.78, 5) is 11.2. The molecule has 1 heterocycles. The average molecular weight is 405 g/mol. The highest BCUT2D eigenvalue weighted by Gasteiger charge is 2.37. The minimum Gasteiger partial charge on any atom is -0.497 e. The number of methoxy groups -OCH3 is 1. The molecule has 154 valence electrons. The molecule has 6 heteroatoms. The Morgan fingerprint density at radius 2 is 1.63 bits per heavy atom. The van der Waals surface area contributed by atoms with Crippen LogP contribution in [0.1, 0.15) is 24.0 Å². The van der Waals surface area contributed by atoms with Gasteiger partial charge in [0.2, 0.25) is 0 Å². The summed E-state index contributed by atoms with van der Waals surface area (Å²) < 4.78 is 16.4. The van der Waals surface area contributed by atoms with Gasteiger partial charge in [0.1, 0.15) is 17.2 Å². The fraction of sp³-hybridized carbons (Fsp3) is 0.208. The van der Waals surface area contributed by atoms with Crippen LogP contribution >= 0.6 is 0 Å². The van der Waals surface area contributed by atoms with Crippen molar-refractivity contribution < 1.29 is 24.1 Å². The summed E-state index contributed by atoms with van der Waals surface area (Å²) in [7, 11) is 1.63. The van der Waals surface area contributed by atoms with Crippen LogP contribution in [0.2, 0.25) is 0 Å². The largest absolute Gasteiger partial charge is 0.507 e. The first-order chi connectivity index (χ1) is 14.5. The van der Waals surface area contributed by atoms with Gasteiger partial charge >= 0.3 is 6.16 Å². The Bertz CT molecular complexity index is 1020. The molecule has 1 aliphatic heterocycles. The number of carbonyl (C=O) groups is 1. The second-order valence-electron chi connectivity index (χ2n) is 7.22. The van der Waals surface area contributed by atoms with Gasteiger partial charge in [0.05, 0.1) is 7.11 Å². The Balaban J connectivity index is 1.74. The number of para-hydroxylation sites is 1. The standard InChI is InChI=1S/C24H23NO5/c1-15-22(16-8-10-17(28-2)11-9-16)20-14-19(29-18-6-4-3-5-7-18)12-13-21(20)25-23(15)30-24(26)27/h3-15,22-23,25H,1-2H3,(H,26,27). The fourth-order valence-electron chi connectivity index (χ4n) is 3.90. The molecule has 3 aromatic rings. The maximum absolute atomic E-state index is 11.2. The number of ether oxygens (including phenoxy) is 3. The maximum Gasteiger partial charge on any atom is 0.507 e. The molecule has 0 saturated heterocycles. The lowest BCUT2D eigenvalue weighted by atomic mass is 9.77. The molecule has 3 atom stereocenters. The van der Waals surface area contributed by atoms with Crippen molar-refractivity contribution in [2.75, 3.05) is 12.4 Å². The van der Waals surface area contributed by atoms with E-state index in [1.165, 1.54) is 0 Å². The minimum absolute atomic E-state index is 0.0872. The maximum atomic E-state index is 11.2. The molecule has 2 N–H and O–H groups in total. The Morgan fingerprint density at radius 1 is 0.933 bits per heavy atom. The van der Waals surface area contributed by atoms with Gasteiger partial charge in [0.25, 0.3) is 0 Å². The number of hydrogen-bond acceptors (Lipinski definition) is 5. The van der Waals surface area contributed by atoms with Crippen molar-refractivity contribution in [3.05, 3.63) is 83.9 Å². The SMILES string of the molecule is COc1ccc(C2c3cc(Oc4ccccc4)ccc3NC(OC(=O)O)C2C)cc1. The lowest BCUT2D eigenvalue weighted by Crippen LogP contribution is -2.40. The van der Waals surface area contributed by atoms with Crippen molar-refractivity contribution in [1.82, 2.24) is 0 Å². The van der Waals surface area contributed by atoms with E-state index in [9.17, 15) is 4.79 Å². The normalized spacial score (nSPS) is 19.9. The molecule has 3 aromatic carbocycles. The quantitative estimate of drug-likeness (QED) is 0.530. The van der Waals surface area contributed by atoms with Crippen LogP contribution in [0.15, 0.2) is 72.8 Å². The van der Waals surface area contributed by atoms with Crippen LogP contribution in [0.3, 0.4) is 0 Å². The number of anilines is 1. The van der Waals surface area contributed by atoms with E-state index in [1.54, 1.807) is 7.11 Å². The molecule has 0 spiro atoms. The molecule has 0 amide bonds. The number of benzene rings is 3. The third kappa shape index (κ3) is 4.03. The predicted octanol–water partition coefficient (Wildman–Crippen LogP) is 5.70. The highest BCUT2D eigenvalue weighted by molar-refractivity contribution is 5.63. The Kier molecular flexibility index (Phi) is 5.48. The Morgan fingerprint density at radius 3 is 2.30 bits per heavy atom. The molecule has 0 bridgehead atoms. The summed E-state index contributed by atoms with van der Waals surface area (Å²) in [5, 5.41) is 12.4. The van der Waals surface area contributed by atoms with Crippen LogP contribution in [0.25, 0.3) is 0 Å². The average Bonchev–Trinajstić information content (AvgIpc) is 2.75. The summed E-state index contributed by atoms with van der Waals surface area (Å²) >= 11 is 0. The molecule has 0 saturated carbocycles. The van der Waals surface area contributed by atoms with Gasteiger partial charge in [-0.25, -0.2) is 4.79 Å². The molecule has 0 aromatic heterocycles. The zero-order chi connectivity index (χ0) is 21.1. The van der Waals surface area contributed by atoms with Gasteiger partial charge < -0.3 is 24.6 Å². The van der Waals surface area contributed by atoms with Crippen LogP contribution in [0.5, 0.6) is 17.2 Å². The van der Waals surface area contributed by atoms with Gasteiger partial charge in [-0.2, -0.15) is 0 Å². The van der Waals surface area contributed by atoms with E-state index in [2.05, 4.69) is 5.32 Å². The van der Waals surface area contributed by atoms with Gasteiger partial charge in [-0.3, -0.25) is 0 Å². The molecule has 4 rings (SSSR count). The second-order valence-corrected chi connectivity index (χ2v) is 7.22. The van der Waals surface area contributed by atoms with Crippen molar-refractivity contribution >= 4 is 11.8 Å². The van der Waals surface area contributed by atoms with E-state index in [0.29, 0.717) is 5.75 Å². The van der Waals surface area contributed by atoms with Gasteiger partial charge in [-0.15, -0.1) is 0 Å². The van der Waals surface area contributed by atoms with Gasteiger partial charge in [0, 0.05) is 17.5 Å². The first kappa shape index (κ1) is 19.6. The summed E-state index contributed by atoms with van der Waals surface area (Å²) in [6.07, 6.45) is -1.97. The van der Waals surface area contributed by atoms with Crippen molar-refractivity contribution in [2.24, 2.45) is 5.92 Å². The van der Waals surface area contributed by atoms with E-state index in [4.69, 9.17) is 19.3 Å². The number of rotatable bonds is 5. The number of hydrogen-bond donors (Lipinski definition) is 2. The van der Waals surface area contributed by atoms with Crippen LogP contribution in [0, 0.1) is 5.92 Å². The van der Waals surface area contributed by atoms with Crippen molar-refractivity contribution in [2.45, 2.75) is 19.1 Å². The highest BCUT2D eigenvalue weighted by Crippen LogP contribution is 2.44. The van der Waals surface area contributed by atoms with Crippen LogP contribution < -0.4 is 14.8 Å². The molecule has 0 radical (unpaired) electrons. The van der Waals surface area contributed by atoms with Crippen molar-refractivity contribution in [3.8, 4) is 17.2 Å². The van der Waals surface area contributed by atoms with Gasteiger partial charge in [-0.1, -0.05) is 37.3 Å². The van der Waals surface area contributed by atoms with E-state index in [0.717, 1.165) is 28.3 Å². The monoisotopic (exact) mass is 405 g/mol. The highest BCUT2D eigenvalue weighted by atomic mass is 16.7. The van der Waals surface area contributed by atoms with Gasteiger partial charge in [0.15, 0.2) is 6.23 Å². The smallest absolute Gasteiger partial charge is 0.497 e. The Labute approximate surface area is 175 Å². The molecular weight excluding hydrogens is 382 g/mol. The van der Waals surface area contributed by atoms with Crippen LogP contribution in [0.4, 0.5) is 10.5 Å². The van der Waals surface area contributed by atoms with Gasteiger partial charge in [-0.05, 0) is 53.6 Å². The third-order valence-electron chi connectivity index (χ3n) is 5.34. The topological polar surface area (TPSA) is 77.0 Å². The molecule has 30 heavy (non-hydrogen) atoms. The molecule has 3 unspecified atom stereocenters. The summed E-state index contributed by atoms with van der Waals surface area (Å²) in [6, 6.07) is 23.1.